The molecular formula is C16H22O5. The van der Waals surface area contributed by atoms with Crippen LogP contribution in [-0.2, 0) is 14.3 Å². The van der Waals surface area contributed by atoms with Gasteiger partial charge in [0.05, 0.1) is 19.3 Å². The summed E-state index contributed by atoms with van der Waals surface area (Å²) in [7, 11) is 0. The van der Waals surface area contributed by atoms with E-state index in [1.807, 2.05) is 13.8 Å². The Morgan fingerprint density at radius 3 is 2.33 bits per heavy atom. The van der Waals surface area contributed by atoms with Crippen molar-refractivity contribution in [3.8, 4) is 5.75 Å². The lowest BCUT2D eigenvalue weighted by molar-refractivity contribution is -0.141. The number of benzene rings is 1. The zero-order valence-electron chi connectivity index (χ0n) is 12.8. The zero-order valence-corrected chi connectivity index (χ0v) is 12.8. The predicted octanol–water partition coefficient (Wildman–Crippen LogP) is 2.63. The first-order chi connectivity index (χ1) is 10.0. The Labute approximate surface area is 125 Å². The molecule has 1 rings (SSSR count). The smallest absolute Gasteiger partial charge is 0.313 e. The standard InChI is InChI=1S/C16H22O5/c1-4-19-16(18)11-15(17)13-5-7-14(8-6-13)21-10-9-20-12(2)3/h5-8,12H,4,9-11H2,1-3H3. The summed E-state index contributed by atoms with van der Waals surface area (Å²) in [5, 5.41) is 0. The van der Waals surface area contributed by atoms with Crippen molar-refractivity contribution in [2.45, 2.75) is 33.3 Å². The van der Waals surface area contributed by atoms with Crippen molar-refractivity contribution < 1.29 is 23.8 Å². The summed E-state index contributed by atoms with van der Waals surface area (Å²) < 4.78 is 15.6. The average molecular weight is 294 g/mol. The Bertz CT molecular complexity index is 450. The number of rotatable bonds is 9. The predicted molar refractivity (Wildman–Crippen MR) is 78.6 cm³/mol. The SMILES string of the molecule is CCOC(=O)CC(=O)c1ccc(OCCOC(C)C)cc1. The number of ketones is 1. The van der Waals surface area contributed by atoms with Crippen molar-refractivity contribution in [2.24, 2.45) is 0 Å². The van der Waals surface area contributed by atoms with Crippen molar-refractivity contribution in [3.63, 3.8) is 0 Å². The fourth-order valence-electron chi connectivity index (χ4n) is 1.63. The van der Waals surface area contributed by atoms with Gasteiger partial charge in [0.25, 0.3) is 0 Å². The Hall–Kier alpha value is -1.88. The fraction of sp³-hybridized carbons (Fsp3) is 0.500. The Morgan fingerprint density at radius 1 is 1.10 bits per heavy atom. The van der Waals surface area contributed by atoms with Gasteiger partial charge in [-0.1, -0.05) is 0 Å². The maximum Gasteiger partial charge on any atom is 0.313 e. The molecule has 0 aromatic heterocycles. The van der Waals surface area contributed by atoms with Gasteiger partial charge in [0.15, 0.2) is 5.78 Å². The quantitative estimate of drug-likeness (QED) is 0.303. The van der Waals surface area contributed by atoms with Crippen LogP contribution >= 0.6 is 0 Å². The highest BCUT2D eigenvalue weighted by Crippen LogP contribution is 2.13. The van der Waals surface area contributed by atoms with Gasteiger partial charge in [0.2, 0.25) is 0 Å². The van der Waals surface area contributed by atoms with Gasteiger partial charge in [0.1, 0.15) is 18.8 Å². The van der Waals surface area contributed by atoms with Crippen LogP contribution < -0.4 is 4.74 Å². The molecule has 0 amide bonds. The molecule has 0 aliphatic carbocycles. The van der Waals surface area contributed by atoms with Gasteiger partial charge in [-0.05, 0) is 45.0 Å². The molecule has 5 nitrogen and oxygen atoms in total. The van der Waals surface area contributed by atoms with Crippen molar-refractivity contribution >= 4 is 11.8 Å². The van der Waals surface area contributed by atoms with Crippen molar-refractivity contribution in [1.82, 2.24) is 0 Å². The highest BCUT2D eigenvalue weighted by atomic mass is 16.5. The molecule has 0 fully saturated rings. The first kappa shape index (κ1) is 17.2. The number of hydrogen-bond donors (Lipinski definition) is 0. The summed E-state index contributed by atoms with van der Waals surface area (Å²) in [5.41, 5.74) is 0.467. The van der Waals surface area contributed by atoms with Gasteiger partial charge < -0.3 is 14.2 Å². The maximum absolute atomic E-state index is 11.8. The topological polar surface area (TPSA) is 61.8 Å². The number of hydrogen-bond acceptors (Lipinski definition) is 5. The summed E-state index contributed by atoms with van der Waals surface area (Å²) in [6.45, 7) is 6.87. The minimum absolute atomic E-state index is 0.177. The number of esters is 1. The molecule has 0 aliphatic heterocycles. The first-order valence-corrected chi connectivity index (χ1v) is 7.06. The van der Waals surface area contributed by atoms with E-state index < -0.39 is 5.97 Å². The number of Topliss-reactive ketones (excluding diaryl/α,β-unsaturated/α-hetero) is 1. The maximum atomic E-state index is 11.8. The third kappa shape index (κ3) is 6.90. The summed E-state index contributed by atoms with van der Waals surface area (Å²) >= 11 is 0. The molecule has 5 heteroatoms. The Kier molecular flexibility index (Phi) is 7.46. The van der Waals surface area contributed by atoms with E-state index in [0.717, 1.165) is 0 Å². The van der Waals surface area contributed by atoms with Gasteiger partial charge in [-0.25, -0.2) is 0 Å². The highest BCUT2D eigenvalue weighted by Gasteiger charge is 2.12. The summed E-state index contributed by atoms with van der Waals surface area (Å²) in [6.07, 6.45) is -0.0625. The van der Waals surface area contributed by atoms with Crippen LogP contribution in [0.4, 0.5) is 0 Å². The van der Waals surface area contributed by atoms with E-state index in [9.17, 15) is 9.59 Å². The lowest BCUT2D eigenvalue weighted by atomic mass is 10.1. The second kappa shape index (κ2) is 9.13. The molecule has 0 atom stereocenters. The minimum atomic E-state index is -0.506. The van der Waals surface area contributed by atoms with Gasteiger partial charge in [-0.3, -0.25) is 9.59 Å². The van der Waals surface area contributed by atoms with Crippen molar-refractivity contribution in [3.05, 3.63) is 29.8 Å². The van der Waals surface area contributed by atoms with Crippen LogP contribution in [0.15, 0.2) is 24.3 Å². The first-order valence-electron chi connectivity index (χ1n) is 7.06. The molecule has 0 heterocycles. The third-order valence-electron chi connectivity index (χ3n) is 2.59. The summed E-state index contributed by atoms with van der Waals surface area (Å²) in [5.74, 6) is -0.105. The molecule has 0 bridgehead atoms. The monoisotopic (exact) mass is 294 g/mol. The molecule has 1 aromatic rings. The molecule has 0 radical (unpaired) electrons. The van der Waals surface area contributed by atoms with E-state index in [-0.39, 0.29) is 24.9 Å². The normalized spacial score (nSPS) is 10.5. The average Bonchev–Trinajstić information content (AvgIpc) is 2.44. The van der Waals surface area contributed by atoms with Crippen molar-refractivity contribution in [1.29, 1.82) is 0 Å². The molecule has 116 valence electrons. The lowest BCUT2D eigenvalue weighted by Gasteiger charge is -2.09. The summed E-state index contributed by atoms with van der Waals surface area (Å²) in [4.78, 5) is 23.1. The molecule has 0 saturated carbocycles. The van der Waals surface area contributed by atoms with Crippen LogP contribution in [0.3, 0.4) is 0 Å². The molecule has 0 aliphatic rings. The van der Waals surface area contributed by atoms with Gasteiger partial charge in [-0.2, -0.15) is 0 Å². The van der Waals surface area contributed by atoms with E-state index in [0.29, 0.717) is 24.5 Å². The van der Waals surface area contributed by atoms with E-state index in [4.69, 9.17) is 14.2 Å². The van der Waals surface area contributed by atoms with Gasteiger partial charge in [0, 0.05) is 5.56 Å². The third-order valence-corrected chi connectivity index (χ3v) is 2.59. The Balaban J connectivity index is 2.42. The molecule has 21 heavy (non-hydrogen) atoms. The van der Waals surface area contributed by atoms with Crippen LogP contribution in [-0.4, -0.2) is 37.7 Å². The van der Waals surface area contributed by atoms with Crippen LogP contribution in [0.25, 0.3) is 0 Å². The van der Waals surface area contributed by atoms with E-state index >= 15 is 0 Å². The number of carbonyl (C=O) groups excluding carboxylic acids is 2. The van der Waals surface area contributed by atoms with Gasteiger partial charge >= 0.3 is 5.97 Å². The van der Waals surface area contributed by atoms with E-state index in [1.54, 1.807) is 31.2 Å². The molecular weight excluding hydrogens is 272 g/mol. The highest BCUT2D eigenvalue weighted by molar-refractivity contribution is 6.05. The van der Waals surface area contributed by atoms with Crippen LogP contribution in [0.1, 0.15) is 37.6 Å². The fourth-order valence-corrected chi connectivity index (χ4v) is 1.63. The minimum Gasteiger partial charge on any atom is -0.491 e. The zero-order chi connectivity index (χ0) is 15.7. The second-order valence-electron chi connectivity index (χ2n) is 4.70. The molecule has 0 spiro atoms. The number of carbonyl (C=O) groups is 2. The summed E-state index contributed by atoms with van der Waals surface area (Å²) in [6, 6.07) is 6.68. The van der Waals surface area contributed by atoms with Crippen LogP contribution in [0.5, 0.6) is 5.75 Å². The van der Waals surface area contributed by atoms with E-state index in [1.165, 1.54) is 0 Å². The van der Waals surface area contributed by atoms with Gasteiger partial charge in [-0.15, -0.1) is 0 Å². The molecule has 0 unspecified atom stereocenters. The molecule has 1 aromatic carbocycles. The van der Waals surface area contributed by atoms with Crippen LogP contribution in [0.2, 0.25) is 0 Å². The largest absolute Gasteiger partial charge is 0.491 e. The van der Waals surface area contributed by atoms with Crippen LogP contribution in [0, 0.1) is 0 Å². The Morgan fingerprint density at radius 2 is 1.76 bits per heavy atom. The molecule has 0 N–H and O–H groups in total. The van der Waals surface area contributed by atoms with Crippen molar-refractivity contribution in [2.75, 3.05) is 19.8 Å². The lowest BCUT2D eigenvalue weighted by Crippen LogP contribution is -2.12. The number of ether oxygens (including phenoxy) is 3. The molecule has 0 saturated heterocycles. The van der Waals surface area contributed by atoms with E-state index in [2.05, 4.69) is 0 Å². The second-order valence-corrected chi connectivity index (χ2v) is 4.70.